The van der Waals surface area contributed by atoms with Crippen LogP contribution in [-0.2, 0) is 22.3 Å². The molecule has 0 bridgehead atoms. The van der Waals surface area contributed by atoms with Crippen molar-refractivity contribution in [2.45, 2.75) is 45.1 Å². The van der Waals surface area contributed by atoms with E-state index in [1.165, 1.54) is 24.8 Å². The number of methoxy groups -OCH3 is 1. The molecule has 0 aliphatic heterocycles. The van der Waals surface area contributed by atoms with Gasteiger partial charge in [-0.2, -0.15) is 0 Å². The van der Waals surface area contributed by atoms with Gasteiger partial charge in [0.05, 0.1) is 13.2 Å². The van der Waals surface area contributed by atoms with E-state index in [-0.39, 0.29) is 0 Å². The summed E-state index contributed by atoms with van der Waals surface area (Å²) in [5, 5.41) is 3.61. The van der Waals surface area contributed by atoms with Gasteiger partial charge in [-0.3, -0.25) is 0 Å². The largest absolute Gasteiger partial charge is 0.382 e. The first kappa shape index (κ1) is 16.5. The number of unbranched alkanes of at least 4 members (excludes halogenated alkanes) is 1. The number of nitrogens with one attached hydrogen (secondary N) is 1. The van der Waals surface area contributed by atoms with Gasteiger partial charge >= 0.3 is 0 Å². The Hall–Kier alpha value is -0.900. The number of fused-ring (bicyclic) bond motifs is 1. The highest BCUT2D eigenvalue weighted by atomic mass is 16.5. The Labute approximate surface area is 129 Å². The second-order valence-corrected chi connectivity index (χ2v) is 5.87. The molecule has 3 nitrogen and oxygen atoms in total. The molecule has 118 valence electrons. The summed E-state index contributed by atoms with van der Waals surface area (Å²) >= 11 is 0. The topological polar surface area (TPSA) is 30.5 Å². The normalized spacial score (nSPS) is 15.1. The van der Waals surface area contributed by atoms with Crippen LogP contribution >= 0.6 is 0 Å². The lowest BCUT2D eigenvalue weighted by Gasteiger charge is -2.15. The lowest BCUT2D eigenvalue weighted by atomic mass is 10.0. The maximum absolute atomic E-state index is 5.46. The third-order valence-corrected chi connectivity index (χ3v) is 4.22. The fourth-order valence-corrected chi connectivity index (χ4v) is 2.87. The minimum Gasteiger partial charge on any atom is -0.382 e. The zero-order chi connectivity index (χ0) is 14.9. The van der Waals surface area contributed by atoms with Gasteiger partial charge in [0, 0.05) is 19.8 Å². The summed E-state index contributed by atoms with van der Waals surface area (Å²) in [5.41, 5.74) is 4.54. The smallest absolute Gasteiger partial charge is 0.0700 e. The first-order valence-electron chi connectivity index (χ1n) is 8.23. The quantitative estimate of drug-likeness (QED) is 0.671. The Bertz CT molecular complexity index is 420. The van der Waals surface area contributed by atoms with E-state index < -0.39 is 0 Å². The van der Waals surface area contributed by atoms with Gasteiger partial charge in [-0.15, -0.1) is 0 Å². The van der Waals surface area contributed by atoms with Crippen LogP contribution in [0, 0.1) is 0 Å². The van der Waals surface area contributed by atoms with E-state index in [1.807, 2.05) is 0 Å². The number of rotatable bonds is 10. The van der Waals surface area contributed by atoms with Crippen LogP contribution in [0.25, 0.3) is 0 Å². The molecule has 2 rings (SSSR count). The molecule has 0 saturated heterocycles. The van der Waals surface area contributed by atoms with Crippen LogP contribution in [0.15, 0.2) is 18.2 Å². The average Bonchev–Trinajstić information content (AvgIpc) is 2.97. The van der Waals surface area contributed by atoms with Gasteiger partial charge in [-0.1, -0.05) is 18.2 Å². The predicted octanol–water partition coefficient (Wildman–Crippen LogP) is 3.27. The molecular formula is C18H29NO2. The molecule has 21 heavy (non-hydrogen) atoms. The molecule has 0 spiro atoms. The van der Waals surface area contributed by atoms with Crippen molar-refractivity contribution in [1.82, 2.24) is 5.32 Å². The molecule has 0 radical (unpaired) electrons. The first-order chi connectivity index (χ1) is 10.3. The summed E-state index contributed by atoms with van der Waals surface area (Å²) in [7, 11) is 1.70. The highest BCUT2D eigenvalue weighted by molar-refractivity contribution is 5.36. The molecule has 1 aromatic carbocycles. The summed E-state index contributed by atoms with van der Waals surface area (Å²) in [6, 6.07) is 7.44. The number of benzene rings is 1. The zero-order valence-corrected chi connectivity index (χ0v) is 13.5. The Morgan fingerprint density at radius 2 is 1.95 bits per heavy atom. The SMILES string of the molecule is COCCOCCCCNC(C)c1ccc2c(c1)CCC2. The minimum atomic E-state index is 0.435. The van der Waals surface area contributed by atoms with Crippen LogP contribution in [-0.4, -0.2) is 33.5 Å². The number of ether oxygens (including phenoxy) is 2. The lowest BCUT2D eigenvalue weighted by Crippen LogP contribution is -2.20. The number of aryl methyl sites for hydroxylation is 2. The van der Waals surface area contributed by atoms with Crippen molar-refractivity contribution in [3.63, 3.8) is 0 Å². The summed E-state index contributed by atoms with van der Waals surface area (Å²) < 4.78 is 10.4. The molecule has 1 aromatic rings. The molecule has 0 fully saturated rings. The van der Waals surface area contributed by atoms with Crippen molar-refractivity contribution >= 4 is 0 Å². The number of hydrogen-bond acceptors (Lipinski definition) is 3. The van der Waals surface area contributed by atoms with Gasteiger partial charge in [0.1, 0.15) is 0 Å². The van der Waals surface area contributed by atoms with Gasteiger partial charge in [-0.05, 0) is 62.3 Å². The van der Waals surface area contributed by atoms with E-state index in [0.29, 0.717) is 19.3 Å². The maximum Gasteiger partial charge on any atom is 0.0700 e. The second-order valence-electron chi connectivity index (χ2n) is 5.87. The first-order valence-corrected chi connectivity index (χ1v) is 8.23. The van der Waals surface area contributed by atoms with Gasteiger partial charge in [0.2, 0.25) is 0 Å². The van der Waals surface area contributed by atoms with Crippen LogP contribution in [0.1, 0.15) is 48.9 Å². The zero-order valence-electron chi connectivity index (χ0n) is 13.5. The van der Waals surface area contributed by atoms with E-state index in [2.05, 4.69) is 30.4 Å². The Morgan fingerprint density at radius 1 is 1.10 bits per heavy atom. The fourth-order valence-electron chi connectivity index (χ4n) is 2.87. The van der Waals surface area contributed by atoms with Crippen molar-refractivity contribution in [2.75, 3.05) is 33.5 Å². The van der Waals surface area contributed by atoms with Crippen molar-refractivity contribution in [3.05, 3.63) is 34.9 Å². The Kier molecular flexibility index (Phi) is 7.20. The molecule has 1 atom stereocenters. The second kappa shape index (κ2) is 9.19. The average molecular weight is 291 g/mol. The van der Waals surface area contributed by atoms with Gasteiger partial charge in [0.25, 0.3) is 0 Å². The Balaban J connectivity index is 1.60. The van der Waals surface area contributed by atoms with E-state index in [0.717, 1.165) is 26.0 Å². The van der Waals surface area contributed by atoms with Crippen molar-refractivity contribution in [2.24, 2.45) is 0 Å². The molecule has 1 N–H and O–H groups in total. The molecule has 1 aliphatic carbocycles. The predicted molar refractivity (Wildman–Crippen MR) is 86.8 cm³/mol. The van der Waals surface area contributed by atoms with E-state index in [1.54, 1.807) is 18.2 Å². The van der Waals surface area contributed by atoms with E-state index in [9.17, 15) is 0 Å². The molecule has 3 heteroatoms. The lowest BCUT2D eigenvalue weighted by molar-refractivity contribution is 0.0687. The van der Waals surface area contributed by atoms with Crippen LogP contribution in [0.3, 0.4) is 0 Å². The van der Waals surface area contributed by atoms with Crippen molar-refractivity contribution < 1.29 is 9.47 Å². The van der Waals surface area contributed by atoms with Gasteiger partial charge < -0.3 is 14.8 Å². The maximum atomic E-state index is 5.46. The fraction of sp³-hybridized carbons (Fsp3) is 0.667. The molecule has 0 amide bonds. The molecule has 0 heterocycles. The summed E-state index contributed by atoms with van der Waals surface area (Å²) in [6.07, 6.45) is 6.11. The summed E-state index contributed by atoms with van der Waals surface area (Å²) in [6.45, 7) is 5.53. The molecule has 1 aliphatic rings. The molecule has 1 unspecified atom stereocenters. The van der Waals surface area contributed by atoms with Crippen LogP contribution in [0.2, 0.25) is 0 Å². The van der Waals surface area contributed by atoms with Gasteiger partial charge in [0.15, 0.2) is 0 Å². The van der Waals surface area contributed by atoms with E-state index >= 15 is 0 Å². The van der Waals surface area contributed by atoms with Crippen LogP contribution in [0.5, 0.6) is 0 Å². The summed E-state index contributed by atoms with van der Waals surface area (Å²) in [4.78, 5) is 0. The highest BCUT2D eigenvalue weighted by Crippen LogP contribution is 2.25. The van der Waals surface area contributed by atoms with Crippen LogP contribution in [0.4, 0.5) is 0 Å². The highest BCUT2D eigenvalue weighted by Gasteiger charge is 2.12. The van der Waals surface area contributed by atoms with Gasteiger partial charge in [-0.25, -0.2) is 0 Å². The van der Waals surface area contributed by atoms with Crippen LogP contribution < -0.4 is 5.32 Å². The Morgan fingerprint density at radius 3 is 2.81 bits per heavy atom. The standard InChI is InChI=1S/C18H29NO2/c1-15(19-10-3-4-11-21-13-12-20-2)17-9-8-16-6-5-7-18(16)14-17/h8-9,14-15,19H,3-7,10-13H2,1-2H3. The monoisotopic (exact) mass is 291 g/mol. The third kappa shape index (κ3) is 5.42. The molecule has 0 aromatic heterocycles. The minimum absolute atomic E-state index is 0.435. The molecular weight excluding hydrogens is 262 g/mol. The summed E-state index contributed by atoms with van der Waals surface area (Å²) in [5.74, 6) is 0. The third-order valence-electron chi connectivity index (χ3n) is 4.22. The molecule has 0 saturated carbocycles. The van der Waals surface area contributed by atoms with Crippen molar-refractivity contribution in [3.8, 4) is 0 Å². The number of hydrogen-bond donors (Lipinski definition) is 1. The van der Waals surface area contributed by atoms with Crippen molar-refractivity contribution in [1.29, 1.82) is 0 Å². The van der Waals surface area contributed by atoms with E-state index in [4.69, 9.17) is 9.47 Å².